The Morgan fingerprint density at radius 1 is 1.43 bits per heavy atom. The molecule has 154 valence electrons. The van der Waals surface area contributed by atoms with Gasteiger partial charge in [-0.2, -0.15) is 24.9 Å². The number of thiocarbonyl (C=S) groups is 1. The van der Waals surface area contributed by atoms with Gasteiger partial charge in [-0.1, -0.05) is 35.2 Å². The van der Waals surface area contributed by atoms with Gasteiger partial charge in [0.15, 0.2) is 5.15 Å². The Bertz CT molecular complexity index is 801. The Labute approximate surface area is 180 Å². The molecule has 0 aliphatic carbocycles. The number of halogens is 4. The molecule has 0 fully saturated rings. The summed E-state index contributed by atoms with van der Waals surface area (Å²) in [6.07, 6.45) is -1.12. The van der Waals surface area contributed by atoms with Crippen LogP contribution in [0.4, 0.5) is 18.2 Å². The highest BCUT2D eigenvalue weighted by Crippen LogP contribution is 2.37. The first-order valence-corrected chi connectivity index (χ1v) is 11.3. The Morgan fingerprint density at radius 3 is 2.82 bits per heavy atom. The van der Waals surface area contributed by atoms with Crippen molar-refractivity contribution in [2.24, 2.45) is 0 Å². The lowest BCUT2D eigenvalue weighted by molar-refractivity contribution is -0.904. The summed E-state index contributed by atoms with van der Waals surface area (Å²) in [5.74, 6) is 1.11. The number of pyridine rings is 1. The van der Waals surface area contributed by atoms with Crippen LogP contribution in [0.2, 0.25) is 5.15 Å². The minimum Gasteiger partial charge on any atom is -0.325 e. The second-order valence-corrected chi connectivity index (χ2v) is 8.84. The van der Waals surface area contributed by atoms with E-state index in [9.17, 15) is 18.4 Å². The number of nitrogens with zero attached hydrogens (tertiary/aromatic N) is 3. The summed E-state index contributed by atoms with van der Waals surface area (Å²) in [5.41, 5.74) is 0.727. The maximum atomic E-state index is 12.1. The van der Waals surface area contributed by atoms with E-state index in [-0.39, 0.29) is 6.42 Å². The van der Waals surface area contributed by atoms with Crippen LogP contribution in [0.1, 0.15) is 26.2 Å². The molecule has 11 heteroatoms. The van der Waals surface area contributed by atoms with Crippen LogP contribution < -0.4 is 9.63 Å². The highest BCUT2D eigenvalue weighted by molar-refractivity contribution is 7.99. The van der Waals surface area contributed by atoms with Crippen LogP contribution in [0.3, 0.4) is 0 Å². The van der Waals surface area contributed by atoms with E-state index in [1.807, 2.05) is 17.9 Å². The van der Waals surface area contributed by atoms with E-state index >= 15 is 0 Å². The summed E-state index contributed by atoms with van der Waals surface area (Å²) < 4.78 is 37.4. The first-order chi connectivity index (χ1) is 13.2. The smallest absolute Gasteiger partial charge is 0.325 e. The lowest BCUT2D eigenvalue weighted by Crippen LogP contribution is -2.28. The van der Waals surface area contributed by atoms with E-state index in [4.69, 9.17) is 23.8 Å². The fourth-order valence-corrected chi connectivity index (χ4v) is 5.17. The van der Waals surface area contributed by atoms with Gasteiger partial charge in [0, 0.05) is 30.2 Å². The highest BCUT2D eigenvalue weighted by Gasteiger charge is 2.26. The van der Waals surface area contributed by atoms with Crippen LogP contribution in [0.5, 0.6) is 0 Å². The summed E-state index contributed by atoms with van der Waals surface area (Å²) in [4.78, 5) is 6.93. The predicted octanol–water partition coefficient (Wildman–Crippen LogP) is 5.61. The molecule has 0 aromatic carbocycles. The second kappa shape index (κ2) is 10.6. The van der Waals surface area contributed by atoms with Crippen LogP contribution >= 0.6 is 46.9 Å². The first kappa shape index (κ1) is 23.2. The summed E-state index contributed by atoms with van der Waals surface area (Å²) in [6.45, 7) is 2.55. The standard InChI is InChI=1S/C17H20ClF3N3OS3/c1-2-24(13(26)6-10-27-9-4-7-17(19,20)21)16-14(18)22-15(28-16)12-5-3-8-23(25)11-12/h3,5,8,11,25H,2,4,6-7,9-10H2,1H3/q+1. The molecule has 0 unspecified atom stereocenters. The zero-order valence-corrected chi connectivity index (χ0v) is 18.3. The van der Waals surface area contributed by atoms with Crippen molar-refractivity contribution in [3.8, 4) is 10.6 Å². The fourth-order valence-electron chi connectivity index (χ4n) is 2.38. The fraction of sp³-hybridized carbons (Fsp3) is 0.471. The zero-order valence-electron chi connectivity index (χ0n) is 15.1. The van der Waals surface area contributed by atoms with E-state index in [2.05, 4.69) is 4.98 Å². The molecule has 4 nitrogen and oxygen atoms in total. The quantitative estimate of drug-likeness (QED) is 0.223. The number of hydrogen-bond acceptors (Lipinski definition) is 5. The third kappa shape index (κ3) is 7.06. The van der Waals surface area contributed by atoms with E-state index in [0.717, 1.165) is 15.3 Å². The largest absolute Gasteiger partial charge is 0.389 e. The van der Waals surface area contributed by atoms with Crippen LogP contribution in [-0.4, -0.2) is 39.4 Å². The van der Waals surface area contributed by atoms with Crippen molar-refractivity contribution < 1.29 is 23.1 Å². The van der Waals surface area contributed by atoms with Crippen molar-refractivity contribution in [2.45, 2.75) is 32.4 Å². The average molecular weight is 471 g/mol. The molecule has 2 heterocycles. The predicted molar refractivity (Wildman–Crippen MR) is 113 cm³/mol. The summed E-state index contributed by atoms with van der Waals surface area (Å²) in [6, 6.07) is 3.51. The molecule has 2 aromatic heterocycles. The number of hydrogen-bond donors (Lipinski definition) is 1. The number of anilines is 1. The first-order valence-electron chi connectivity index (χ1n) is 8.53. The van der Waals surface area contributed by atoms with Gasteiger partial charge in [-0.3, -0.25) is 5.21 Å². The lowest BCUT2D eigenvalue weighted by Gasteiger charge is -2.21. The molecule has 2 rings (SSSR count). The molecule has 0 radical (unpaired) electrons. The lowest BCUT2D eigenvalue weighted by atomic mass is 10.3. The molecule has 0 saturated heterocycles. The Kier molecular flexibility index (Phi) is 8.79. The van der Waals surface area contributed by atoms with Crippen molar-refractivity contribution in [3.63, 3.8) is 0 Å². The van der Waals surface area contributed by atoms with Gasteiger partial charge in [0.05, 0.1) is 10.6 Å². The third-order valence-electron chi connectivity index (χ3n) is 3.67. The van der Waals surface area contributed by atoms with Crippen molar-refractivity contribution in [2.75, 3.05) is 23.0 Å². The molecule has 0 saturated carbocycles. The van der Waals surface area contributed by atoms with Crippen LogP contribution in [0, 0.1) is 0 Å². The number of alkyl halides is 3. The average Bonchev–Trinajstić information content (AvgIpc) is 2.99. The summed E-state index contributed by atoms with van der Waals surface area (Å²) in [5, 5.41) is 11.3. The van der Waals surface area contributed by atoms with Crippen molar-refractivity contribution in [1.82, 2.24) is 4.98 Å². The number of aromatic nitrogens is 2. The normalized spacial score (nSPS) is 11.6. The Hall–Kier alpha value is -1.10. The topological polar surface area (TPSA) is 40.2 Å². The maximum absolute atomic E-state index is 12.1. The van der Waals surface area contributed by atoms with Crippen molar-refractivity contribution in [1.29, 1.82) is 0 Å². The van der Waals surface area contributed by atoms with Crippen LogP contribution in [-0.2, 0) is 0 Å². The van der Waals surface area contributed by atoms with Crippen molar-refractivity contribution >= 4 is 56.9 Å². The molecule has 0 aliphatic heterocycles. The molecule has 0 spiro atoms. The Morgan fingerprint density at radius 2 is 2.18 bits per heavy atom. The van der Waals surface area contributed by atoms with Gasteiger partial charge in [-0.15, -0.1) is 0 Å². The zero-order chi connectivity index (χ0) is 20.7. The van der Waals surface area contributed by atoms with E-state index in [1.165, 1.54) is 35.5 Å². The molecular formula is C17H20ClF3N3OS3+. The number of thioether (sulfide) groups is 1. The van der Waals surface area contributed by atoms with Gasteiger partial charge in [0.1, 0.15) is 10.0 Å². The van der Waals surface area contributed by atoms with E-state index < -0.39 is 12.6 Å². The van der Waals surface area contributed by atoms with Gasteiger partial charge in [-0.25, -0.2) is 4.98 Å². The molecule has 0 bridgehead atoms. The number of thiazole rings is 1. The minimum absolute atomic E-state index is 0.115. The monoisotopic (exact) mass is 470 g/mol. The highest BCUT2D eigenvalue weighted by atomic mass is 35.5. The maximum Gasteiger partial charge on any atom is 0.389 e. The third-order valence-corrected chi connectivity index (χ3v) is 6.67. The summed E-state index contributed by atoms with van der Waals surface area (Å²) >= 11 is 14.7. The van der Waals surface area contributed by atoms with Crippen molar-refractivity contribution in [3.05, 3.63) is 29.7 Å². The van der Waals surface area contributed by atoms with Gasteiger partial charge in [0.2, 0.25) is 12.4 Å². The SMILES string of the molecule is CCN(C(=S)CCSCCCC(F)(F)F)c1sc(-c2ccc[n+](O)c2)nc1Cl. The Balaban J connectivity index is 1.94. The van der Waals surface area contributed by atoms with Gasteiger partial charge >= 0.3 is 6.18 Å². The number of rotatable bonds is 9. The molecule has 0 atom stereocenters. The molecular weight excluding hydrogens is 451 g/mol. The van der Waals surface area contributed by atoms with Gasteiger partial charge in [0.25, 0.3) is 0 Å². The molecule has 2 aromatic rings. The van der Waals surface area contributed by atoms with E-state index in [1.54, 1.807) is 6.07 Å². The molecule has 0 amide bonds. The molecule has 1 N–H and O–H groups in total. The summed E-state index contributed by atoms with van der Waals surface area (Å²) in [7, 11) is 0. The molecule has 0 aliphatic rings. The minimum atomic E-state index is -4.09. The van der Waals surface area contributed by atoms with Crippen LogP contribution in [0.25, 0.3) is 10.6 Å². The van der Waals surface area contributed by atoms with Gasteiger partial charge in [-0.05, 0) is 30.9 Å². The van der Waals surface area contributed by atoms with E-state index in [0.29, 0.717) is 39.6 Å². The van der Waals surface area contributed by atoms with Crippen LogP contribution in [0.15, 0.2) is 24.5 Å². The van der Waals surface area contributed by atoms with Gasteiger partial charge < -0.3 is 4.90 Å². The molecule has 28 heavy (non-hydrogen) atoms. The second-order valence-electron chi connectivity index (χ2n) is 5.81.